The average Bonchev–Trinajstić information content (AvgIpc) is 3.51. The van der Waals surface area contributed by atoms with Crippen molar-refractivity contribution >= 4 is 28.2 Å². The normalized spacial score (nSPS) is 18.5. The van der Waals surface area contributed by atoms with Crippen LogP contribution in [-0.4, -0.2) is 59.7 Å². The predicted octanol–water partition coefficient (Wildman–Crippen LogP) is 9.27. The molecule has 6 heteroatoms. The zero-order chi connectivity index (χ0) is 35.5. The van der Waals surface area contributed by atoms with Crippen molar-refractivity contribution < 1.29 is 18.9 Å². The van der Waals surface area contributed by atoms with Gasteiger partial charge in [0.15, 0.2) is 5.60 Å². The lowest BCUT2D eigenvalue weighted by molar-refractivity contribution is 0.122. The summed E-state index contributed by atoms with van der Waals surface area (Å²) in [5.41, 5.74) is 11.6. The zero-order valence-corrected chi connectivity index (χ0v) is 30.8. The molecule has 0 radical (unpaired) electrons. The Morgan fingerprint density at radius 1 is 0.692 bits per heavy atom. The summed E-state index contributed by atoms with van der Waals surface area (Å²) in [6.45, 7) is 13.5. The summed E-state index contributed by atoms with van der Waals surface area (Å²) >= 11 is 0. The number of rotatable bonds is 7. The van der Waals surface area contributed by atoms with Gasteiger partial charge >= 0.3 is 0 Å². The molecule has 9 rings (SSSR count). The molecule has 0 saturated carbocycles. The molecule has 3 heterocycles. The van der Waals surface area contributed by atoms with Gasteiger partial charge in [0.1, 0.15) is 11.5 Å². The van der Waals surface area contributed by atoms with Crippen LogP contribution in [0.25, 0.3) is 28.0 Å². The lowest BCUT2D eigenvalue weighted by Gasteiger charge is -2.40. The van der Waals surface area contributed by atoms with E-state index in [-0.39, 0.29) is 5.41 Å². The molecule has 2 saturated heterocycles. The molecule has 2 fully saturated rings. The van der Waals surface area contributed by atoms with Crippen LogP contribution in [0.4, 0.5) is 11.4 Å². The van der Waals surface area contributed by atoms with Crippen molar-refractivity contribution in [1.29, 1.82) is 0 Å². The van der Waals surface area contributed by atoms with Gasteiger partial charge in [0.05, 0.1) is 33.5 Å². The van der Waals surface area contributed by atoms with Crippen LogP contribution in [0.2, 0.25) is 0 Å². The fraction of sp³-hybridized carbons (Fsp3) is 0.348. The first-order valence-electron chi connectivity index (χ1n) is 19.0. The second kappa shape index (κ2) is 13.0. The Hall–Kier alpha value is -4.78. The van der Waals surface area contributed by atoms with Crippen molar-refractivity contribution in [3.63, 3.8) is 0 Å². The fourth-order valence-corrected chi connectivity index (χ4v) is 9.38. The maximum Gasteiger partial charge on any atom is 0.178 e. The van der Waals surface area contributed by atoms with Gasteiger partial charge in [0.2, 0.25) is 0 Å². The molecule has 0 amide bonds. The molecular formula is C46H48N2O4. The Kier molecular flexibility index (Phi) is 8.28. The van der Waals surface area contributed by atoms with Gasteiger partial charge in [-0.05, 0) is 95.9 Å². The van der Waals surface area contributed by atoms with Crippen LogP contribution in [0.15, 0.2) is 91.0 Å². The van der Waals surface area contributed by atoms with Crippen molar-refractivity contribution in [1.82, 2.24) is 0 Å². The number of fused-ring (bicyclic) bond motifs is 8. The highest BCUT2D eigenvalue weighted by atomic mass is 16.5. The minimum Gasteiger partial charge on any atom is -0.497 e. The fourth-order valence-electron chi connectivity index (χ4n) is 9.38. The summed E-state index contributed by atoms with van der Waals surface area (Å²) in [6, 6.07) is 31.6. The van der Waals surface area contributed by atoms with Crippen molar-refractivity contribution in [2.24, 2.45) is 0 Å². The van der Waals surface area contributed by atoms with Crippen LogP contribution >= 0.6 is 0 Å². The van der Waals surface area contributed by atoms with E-state index in [0.717, 1.165) is 93.5 Å². The first-order valence-corrected chi connectivity index (χ1v) is 19.0. The van der Waals surface area contributed by atoms with Gasteiger partial charge in [-0.3, -0.25) is 0 Å². The van der Waals surface area contributed by atoms with Gasteiger partial charge in [0.25, 0.3) is 0 Å². The van der Waals surface area contributed by atoms with Gasteiger partial charge in [0, 0.05) is 65.0 Å². The van der Waals surface area contributed by atoms with Crippen molar-refractivity contribution in [2.45, 2.75) is 44.6 Å². The van der Waals surface area contributed by atoms with Crippen molar-refractivity contribution in [3.05, 3.63) is 124 Å². The van der Waals surface area contributed by atoms with Crippen LogP contribution in [-0.2, 0) is 20.5 Å². The summed E-state index contributed by atoms with van der Waals surface area (Å²) in [7, 11) is 1.75. The molecule has 4 aliphatic rings. The number of ether oxygens (including phenoxy) is 4. The third-order valence-corrected chi connectivity index (χ3v) is 12.2. The van der Waals surface area contributed by atoms with Gasteiger partial charge < -0.3 is 28.7 Å². The highest BCUT2D eigenvalue weighted by Gasteiger charge is 2.47. The number of anilines is 2. The quantitative estimate of drug-likeness (QED) is 0.170. The summed E-state index contributed by atoms with van der Waals surface area (Å²) in [4.78, 5) is 4.81. The third-order valence-electron chi connectivity index (χ3n) is 12.2. The Bertz CT molecular complexity index is 2090. The molecule has 1 aliphatic carbocycles. The summed E-state index contributed by atoms with van der Waals surface area (Å²) < 4.78 is 24.9. The Balaban J connectivity index is 1.26. The number of nitrogens with zero attached hydrogens (tertiary/aromatic N) is 2. The highest BCUT2D eigenvalue weighted by Crippen LogP contribution is 2.60. The number of methoxy groups -OCH3 is 1. The summed E-state index contributed by atoms with van der Waals surface area (Å²) in [5, 5.41) is 2.28. The molecule has 6 nitrogen and oxygen atoms in total. The molecule has 5 aromatic carbocycles. The second-order valence-electron chi connectivity index (χ2n) is 14.7. The Morgan fingerprint density at radius 3 is 1.85 bits per heavy atom. The number of hydrogen-bond donors (Lipinski definition) is 0. The van der Waals surface area contributed by atoms with E-state index in [1.54, 1.807) is 7.11 Å². The summed E-state index contributed by atoms with van der Waals surface area (Å²) in [6.07, 6.45) is 6.71. The maximum absolute atomic E-state index is 7.70. The van der Waals surface area contributed by atoms with E-state index in [1.807, 2.05) is 0 Å². The largest absolute Gasteiger partial charge is 0.497 e. The van der Waals surface area contributed by atoms with Crippen molar-refractivity contribution in [3.8, 4) is 22.6 Å². The lowest BCUT2D eigenvalue weighted by Crippen LogP contribution is -2.37. The predicted molar refractivity (Wildman–Crippen MR) is 211 cm³/mol. The smallest absolute Gasteiger partial charge is 0.178 e. The first kappa shape index (κ1) is 33.1. The minimum atomic E-state index is -0.854. The average molecular weight is 693 g/mol. The number of morpholine rings is 2. The van der Waals surface area contributed by atoms with Gasteiger partial charge in [-0.15, -0.1) is 0 Å². The second-order valence-corrected chi connectivity index (χ2v) is 14.7. The van der Waals surface area contributed by atoms with Crippen LogP contribution < -0.4 is 19.3 Å². The molecule has 0 unspecified atom stereocenters. The monoisotopic (exact) mass is 692 g/mol. The molecule has 5 aromatic rings. The molecule has 0 spiro atoms. The highest BCUT2D eigenvalue weighted by molar-refractivity contribution is 6.09. The van der Waals surface area contributed by atoms with Crippen molar-refractivity contribution in [2.75, 3.05) is 69.5 Å². The SMILES string of the molecule is CCC1(CC)c2cc(C)ccc2-c2c1c1c(c3cc(OC)ccc23)OC(c2ccc(N3CCOCC3)cc2)(c2ccc(N3CCOCC3)cc2)C=C1. The number of hydrogen-bond acceptors (Lipinski definition) is 6. The molecule has 0 atom stereocenters. The molecular weight excluding hydrogens is 645 g/mol. The van der Waals surface area contributed by atoms with Crippen LogP contribution in [0.3, 0.4) is 0 Å². The topological polar surface area (TPSA) is 43.4 Å². The molecule has 52 heavy (non-hydrogen) atoms. The van der Waals surface area contributed by atoms with E-state index < -0.39 is 5.60 Å². The van der Waals surface area contributed by atoms with Gasteiger partial charge in [-0.25, -0.2) is 0 Å². The zero-order valence-electron chi connectivity index (χ0n) is 30.8. The van der Waals surface area contributed by atoms with Crippen LogP contribution in [0.1, 0.15) is 60.1 Å². The number of aryl methyl sites for hydroxylation is 1. The van der Waals surface area contributed by atoms with Gasteiger partial charge in [-0.2, -0.15) is 0 Å². The third kappa shape index (κ3) is 5.06. The van der Waals surface area contributed by atoms with E-state index in [4.69, 9.17) is 18.9 Å². The Labute approximate surface area is 307 Å². The van der Waals surface area contributed by atoms with Crippen LogP contribution in [0.5, 0.6) is 11.5 Å². The van der Waals surface area contributed by atoms with E-state index >= 15 is 0 Å². The molecule has 0 aromatic heterocycles. The summed E-state index contributed by atoms with van der Waals surface area (Å²) in [5.74, 6) is 1.74. The standard InChI is InChI=1S/C46H48N2O4/c1-5-45(6-2)41-29-31(3)7-17-38(41)42-37-18-16-36(49-4)30-40(37)44-39(43(42)45)19-20-46(52-44,32-8-12-34(13-9-32)47-21-25-50-26-22-47)33-10-14-35(15-11-33)48-23-27-51-28-24-48/h7-20,29-30H,5-6,21-28H2,1-4H3. The van der Waals surface area contributed by atoms with E-state index in [0.29, 0.717) is 0 Å². The molecule has 0 bridgehead atoms. The van der Waals surface area contributed by atoms with E-state index in [9.17, 15) is 0 Å². The molecule has 3 aliphatic heterocycles. The van der Waals surface area contributed by atoms with E-state index in [2.05, 4.69) is 128 Å². The number of benzene rings is 5. The maximum atomic E-state index is 7.70. The van der Waals surface area contributed by atoms with E-state index in [1.165, 1.54) is 50.1 Å². The minimum absolute atomic E-state index is 0.123. The Morgan fingerprint density at radius 2 is 1.29 bits per heavy atom. The molecule has 266 valence electrons. The van der Waals surface area contributed by atoms with Gasteiger partial charge in [-0.1, -0.05) is 68.0 Å². The lowest BCUT2D eigenvalue weighted by atomic mass is 9.71. The van der Waals surface area contributed by atoms with Crippen LogP contribution in [0, 0.1) is 6.92 Å². The first-order chi connectivity index (χ1) is 25.5. The molecule has 0 N–H and O–H groups in total.